The van der Waals surface area contributed by atoms with Gasteiger partial charge in [-0.05, 0) is 0 Å². The Morgan fingerprint density at radius 1 is 0.333 bits per heavy atom. The van der Waals surface area contributed by atoms with Crippen molar-refractivity contribution in [2.24, 2.45) is 0 Å². The van der Waals surface area contributed by atoms with E-state index in [2.05, 4.69) is 48.5 Å². The number of hydrogen-bond donors (Lipinski definition) is 0. The van der Waals surface area contributed by atoms with Crippen LogP contribution in [0, 0.1) is 0 Å². The molecule has 0 N–H and O–H groups in total. The molecular formula is C28H30Br2O4Te2. The predicted molar refractivity (Wildman–Crippen MR) is 163 cm³/mol. The second kappa shape index (κ2) is 18.0. The van der Waals surface area contributed by atoms with E-state index in [4.69, 9.17) is 18.9 Å². The fourth-order valence-corrected chi connectivity index (χ4v) is 7.51. The summed E-state index contributed by atoms with van der Waals surface area (Å²) in [6, 6.07) is 33.3. The molecule has 4 nitrogen and oxygen atoms in total. The van der Waals surface area contributed by atoms with E-state index in [9.17, 15) is 0 Å². The van der Waals surface area contributed by atoms with Crippen LogP contribution < -0.4 is 33.4 Å². The van der Waals surface area contributed by atoms with Crippen molar-refractivity contribution in [2.45, 2.75) is 0 Å². The van der Waals surface area contributed by atoms with Crippen molar-refractivity contribution in [3.8, 4) is 23.0 Å². The summed E-state index contributed by atoms with van der Waals surface area (Å²) in [5, 5.41) is 0. The van der Waals surface area contributed by atoms with Gasteiger partial charge in [0.15, 0.2) is 0 Å². The molecular weight excluding hydrogens is 815 g/mol. The van der Waals surface area contributed by atoms with Crippen molar-refractivity contribution >= 4 is 90.3 Å². The first-order valence-electron chi connectivity index (χ1n) is 10.6. The maximum absolute atomic E-state index is 5.15. The van der Waals surface area contributed by atoms with Gasteiger partial charge in [0.05, 0.1) is 0 Å². The average molecular weight is 846 g/mol. The molecule has 0 heterocycles. The molecule has 8 heteroatoms. The van der Waals surface area contributed by atoms with Gasteiger partial charge >= 0.3 is 224 Å². The third-order valence-electron chi connectivity index (χ3n) is 4.71. The Labute approximate surface area is 255 Å². The molecule has 0 amide bonds. The SMILES string of the molecule is Br.Br.COc1ccc([Te]c2ccc(OC)cc2)cc1.COc1ccc([Te]c2ccc(OC)cc2)cc1. The molecule has 0 aliphatic carbocycles. The van der Waals surface area contributed by atoms with Gasteiger partial charge in [0.1, 0.15) is 0 Å². The third kappa shape index (κ3) is 10.9. The van der Waals surface area contributed by atoms with Crippen molar-refractivity contribution in [1.29, 1.82) is 0 Å². The van der Waals surface area contributed by atoms with E-state index < -0.39 is 0 Å². The summed E-state index contributed by atoms with van der Waals surface area (Å²) in [6.07, 6.45) is 0. The van der Waals surface area contributed by atoms with Crippen LogP contribution in [0.3, 0.4) is 0 Å². The third-order valence-corrected chi connectivity index (χ3v) is 10.5. The molecule has 0 saturated carbocycles. The summed E-state index contributed by atoms with van der Waals surface area (Å²) in [4.78, 5) is 0. The van der Waals surface area contributed by atoms with Crippen molar-refractivity contribution in [2.75, 3.05) is 28.4 Å². The molecule has 4 aromatic rings. The van der Waals surface area contributed by atoms with Gasteiger partial charge in [0.2, 0.25) is 0 Å². The molecule has 0 fully saturated rings. The van der Waals surface area contributed by atoms with E-state index in [1.54, 1.807) is 28.4 Å². The average Bonchev–Trinajstić information content (AvgIpc) is 2.91. The summed E-state index contributed by atoms with van der Waals surface area (Å²) < 4.78 is 26.2. The van der Waals surface area contributed by atoms with E-state index in [-0.39, 0.29) is 75.8 Å². The number of halogens is 2. The van der Waals surface area contributed by atoms with Gasteiger partial charge in [-0.15, -0.1) is 34.0 Å². The standard InChI is InChI=1S/2C14H14O2Te.2BrH/c2*1-15-11-3-7-13(8-4-11)17-14-9-5-12(16-2)6-10-14;;/h2*3-10H,1-2H3;2*1H. The van der Waals surface area contributed by atoms with E-state index in [0.29, 0.717) is 0 Å². The first-order chi connectivity index (χ1) is 16.6. The van der Waals surface area contributed by atoms with Crippen LogP contribution in [0.5, 0.6) is 23.0 Å². The molecule has 0 saturated heterocycles. The Morgan fingerprint density at radius 2 is 0.500 bits per heavy atom. The minimum absolute atomic E-state index is 0. The Morgan fingerprint density at radius 3 is 0.639 bits per heavy atom. The zero-order valence-electron chi connectivity index (χ0n) is 20.5. The second-order valence-corrected chi connectivity index (χ2v) is 13.5. The maximum atomic E-state index is 5.15. The Hall–Kier alpha value is -1.38. The Kier molecular flexibility index (Phi) is 16.3. The number of ether oxygens (including phenoxy) is 4. The Bertz CT molecular complexity index is 938. The summed E-state index contributed by atoms with van der Waals surface area (Å²) in [6.45, 7) is 0. The summed E-state index contributed by atoms with van der Waals surface area (Å²) in [5.74, 6) is 3.65. The van der Waals surface area contributed by atoms with Gasteiger partial charge in [-0.3, -0.25) is 0 Å². The fourth-order valence-electron chi connectivity index (χ4n) is 2.85. The molecule has 0 aliphatic rings. The van der Waals surface area contributed by atoms with Gasteiger partial charge in [0, 0.05) is 0 Å². The zero-order valence-corrected chi connectivity index (χ0v) is 28.6. The molecule has 192 valence electrons. The van der Waals surface area contributed by atoms with Gasteiger partial charge < -0.3 is 0 Å². The van der Waals surface area contributed by atoms with E-state index in [0.717, 1.165) is 23.0 Å². The van der Waals surface area contributed by atoms with E-state index in [1.807, 2.05) is 48.5 Å². The number of hydrogen-bond acceptors (Lipinski definition) is 4. The minimum atomic E-state index is -0.308. The Balaban J connectivity index is 0.000000341. The van der Waals surface area contributed by atoms with Crippen LogP contribution in [0.2, 0.25) is 0 Å². The quantitative estimate of drug-likeness (QED) is 0.253. The number of methoxy groups -OCH3 is 4. The predicted octanol–water partition coefficient (Wildman–Crippen LogP) is 3.87. The van der Waals surface area contributed by atoms with Gasteiger partial charge in [-0.2, -0.15) is 0 Å². The van der Waals surface area contributed by atoms with Crippen molar-refractivity contribution in [3.05, 3.63) is 97.1 Å². The van der Waals surface area contributed by atoms with Crippen molar-refractivity contribution in [3.63, 3.8) is 0 Å². The normalized spacial score (nSPS) is 9.44. The molecule has 4 rings (SSSR count). The van der Waals surface area contributed by atoms with E-state index in [1.165, 1.54) is 14.4 Å². The van der Waals surface area contributed by atoms with Crippen molar-refractivity contribution in [1.82, 2.24) is 0 Å². The van der Waals surface area contributed by atoms with Gasteiger partial charge in [0.25, 0.3) is 0 Å². The fraction of sp³-hybridized carbons (Fsp3) is 0.143. The molecule has 0 radical (unpaired) electrons. The summed E-state index contributed by atoms with van der Waals surface area (Å²) in [5.41, 5.74) is 0. The number of rotatable bonds is 8. The first kappa shape index (κ1) is 32.6. The molecule has 0 aliphatic heterocycles. The zero-order chi connectivity index (χ0) is 24.2. The molecule has 4 aromatic carbocycles. The monoisotopic (exact) mass is 848 g/mol. The van der Waals surface area contributed by atoms with Crippen LogP contribution >= 0.6 is 34.0 Å². The van der Waals surface area contributed by atoms with Crippen LogP contribution in [0.15, 0.2) is 97.1 Å². The molecule has 0 spiro atoms. The van der Waals surface area contributed by atoms with Gasteiger partial charge in [-0.25, -0.2) is 0 Å². The molecule has 0 unspecified atom stereocenters. The summed E-state index contributed by atoms with van der Waals surface area (Å²) in [7, 11) is 6.76. The van der Waals surface area contributed by atoms with Crippen molar-refractivity contribution < 1.29 is 18.9 Å². The molecule has 0 aromatic heterocycles. The molecule has 36 heavy (non-hydrogen) atoms. The van der Waals surface area contributed by atoms with Crippen LogP contribution in [0.1, 0.15) is 0 Å². The van der Waals surface area contributed by atoms with Gasteiger partial charge in [-0.1, -0.05) is 0 Å². The summed E-state index contributed by atoms with van der Waals surface area (Å²) >= 11 is -0.616. The topological polar surface area (TPSA) is 36.9 Å². The van der Waals surface area contributed by atoms with Crippen LogP contribution in [-0.4, -0.2) is 70.3 Å². The first-order valence-corrected chi connectivity index (χ1v) is 15.2. The number of benzene rings is 4. The van der Waals surface area contributed by atoms with Crippen LogP contribution in [-0.2, 0) is 0 Å². The molecule has 0 atom stereocenters. The van der Waals surface area contributed by atoms with E-state index >= 15 is 0 Å². The van der Waals surface area contributed by atoms with Crippen LogP contribution in [0.4, 0.5) is 0 Å². The molecule has 0 bridgehead atoms. The van der Waals surface area contributed by atoms with Crippen LogP contribution in [0.25, 0.3) is 0 Å². The second-order valence-electron chi connectivity index (χ2n) is 6.91.